The molecular formula is C26H35FN2O. The van der Waals surface area contributed by atoms with Crippen LogP contribution in [0.4, 0.5) is 4.39 Å². The van der Waals surface area contributed by atoms with Crippen molar-refractivity contribution in [3.63, 3.8) is 0 Å². The van der Waals surface area contributed by atoms with E-state index >= 15 is 0 Å². The molecule has 0 aliphatic heterocycles. The Morgan fingerprint density at radius 3 is 2.63 bits per heavy atom. The van der Waals surface area contributed by atoms with Gasteiger partial charge in [0.25, 0.3) is 0 Å². The van der Waals surface area contributed by atoms with Crippen molar-refractivity contribution in [3.8, 4) is 0 Å². The highest BCUT2D eigenvalue weighted by atomic mass is 19.1. The molecule has 3 rings (SSSR count). The molecule has 0 bridgehead atoms. The normalized spacial score (nSPS) is 16.6. The van der Waals surface area contributed by atoms with Crippen LogP contribution in [-0.2, 0) is 16.6 Å². The van der Waals surface area contributed by atoms with E-state index in [-0.39, 0.29) is 17.1 Å². The van der Waals surface area contributed by atoms with Crippen LogP contribution < -0.4 is 5.32 Å². The van der Waals surface area contributed by atoms with Crippen molar-refractivity contribution < 1.29 is 9.18 Å². The average Bonchev–Trinajstić information content (AvgIpc) is 3.58. The van der Waals surface area contributed by atoms with Crippen LogP contribution in [0.5, 0.6) is 0 Å². The summed E-state index contributed by atoms with van der Waals surface area (Å²) < 4.78 is 13.5. The van der Waals surface area contributed by atoms with Gasteiger partial charge in [0.05, 0.1) is 0 Å². The van der Waals surface area contributed by atoms with Gasteiger partial charge < -0.3 is 5.32 Å². The first-order valence-corrected chi connectivity index (χ1v) is 11.4. The molecule has 1 fully saturated rings. The van der Waals surface area contributed by atoms with Crippen molar-refractivity contribution in [2.24, 2.45) is 11.8 Å². The van der Waals surface area contributed by atoms with Gasteiger partial charge in [0.2, 0.25) is 5.91 Å². The van der Waals surface area contributed by atoms with E-state index in [1.165, 1.54) is 18.4 Å². The van der Waals surface area contributed by atoms with E-state index in [1.54, 1.807) is 18.3 Å². The van der Waals surface area contributed by atoms with Gasteiger partial charge >= 0.3 is 0 Å². The Bertz CT molecular complexity index is 788. The zero-order valence-electron chi connectivity index (χ0n) is 18.4. The summed E-state index contributed by atoms with van der Waals surface area (Å²) in [5, 5.41) is 3.14. The summed E-state index contributed by atoms with van der Waals surface area (Å²) in [7, 11) is 0. The number of hydrogen-bond acceptors (Lipinski definition) is 2. The summed E-state index contributed by atoms with van der Waals surface area (Å²) in [6, 6.07) is 11.0. The van der Waals surface area contributed by atoms with Gasteiger partial charge in [0.15, 0.2) is 0 Å². The predicted octanol–water partition coefficient (Wildman–Crippen LogP) is 5.83. The van der Waals surface area contributed by atoms with Crippen LogP contribution in [0.25, 0.3) is 0 Å². The van der Waals surface area contributed by atoms with E-state index in [9.17, 15) is 9.18 Å². The van der Waals surface area contributed by atoms with Gasteiger partial charge in [-0.25, -0.2) is 4.39 Å². The molecule has 2 unspecified atom stereocenters. The molecule has 1 amide bonds. The van der Waals surface area contributed by atoms with Crippen molar-refractivity contribution in [2.45, 2.75) is 70.6 Å². The van der Waals surface area contributed by atoms with Crippen LogP contribution in [0.2, 0.25) is 0 Å². The van der Waals surface area contributed by atoms with Crippen molar-refractivity contribution in [1.29, 1.82) is 0 Å². The quantitative estimate of drug-likeness (QED) is 0.447. The smallest absolute Gasteiger partial charge is 0.220 e. The number of carbonyl (C=O) groups is 1. The molecule has 2 atom stereocenters. The van der Waals surface area contributed by atoms with Gasteiger partial charge in [-0.05, 0) is 85.1 Å². The lowest BCUT2D eigenvalue weighted by atomic mass is 9.65. The molecule has 1 aromatic carbocycles. The van der Waals surface area contributed by atoms with Gasteiger partial charge in [-0.3, -0.25) is 9.78 Å². The average molecular weight is 411 g/mol. The lowest BCUT2D eigenvalue weighted by molar-refractivity contribution is -0.122. The molecule has 2 aromatic rings. The van der Waals surface area contributed by atoms with Gasteiger partial charge in [0, 0.05) is 25.4 Å². The Morgan fingerprint density at radius 2 is 2.00 bits per heavy atom. The minimum atomic E-state index is -0.204. The Labute approximate surface area is 180 Å². The summed E-state index contributed by atoms with van der Waals surface area (Å²) in [5.74, 6) is 0.851. The number of nitrogens with one attached hydrogen (secondary N) is 1. The number of carbonyl (C=O) groups excluding carboxylic acids is 1. The molecule has 1 aromatic heterocycles. The maximum absolute atomic E-state index is 13.5. The van der Waals surface area contributed by atoms with Crippen LogP contribution >= 0.6 is 0 Å². The second-order valence-electron chi connectivity index (χ2n) is 8.99. The maximum Gasteiger partial charge on any atom is 0.220 e. The number of pyridine rings is 1. The van der Waals surface area contributed by atoms with Crippen LogP contribution in [0.1, 0.15) is 69.9 Å². The Hall–Kier alpha value is -2.23. The van der Waals surface area contributed by atoms with Gasteiger partial charge in [-0.1, -0.05) is 38.5 Å². The highest BCUT2D eigenvalue weighted by Gasteiger charge is 2.44. The number of hydrogen-bond donors (Lipinski definition) is 1. The number of amides is 1. The fourth-order valence-electron chi connectivity index (χ4n) is 4.80. The molecule has 1 heterocycles. The molecule has 1 N–H and O–H groups in total. The Balaban J connectivity index is 1.54. The number of unbranched alkanes of at least 4 members (excludes halogenated alkanes) is 1. The van der Waals surface area contributed by atoms with E-state index in [2.05, 4.69) is 30.2 Å². The number of nitrogens with zero attached hydrogens (tertiary/aromatic N) is 1. The summed E-state index contributed by atoms with van der Waals surface area (Å²) in [6.45, 7) is 5.18. The molecular weight excluding hydrogens is 375 g/mol. The lowest BCUT2D eigenvalue weighted by Gasteiger charge is -2.39. The third-order valence-corrected chi connectivity index (χ3v) is 6.62. The number of aryl methyl sites for hydroxylation is 1. The van der Waals surface area contributed by atoms with Gasteiger partial charge in [-0.2, -0.15) is 0 Å². The molecule has 1 saturated carbocycles. The molecule has 1 aliphatic carbocycles. The molecule has 30 heavy (non-hydrogen) atoms. The third kappa shape index (κ3) is 6.13. The highest BCUT2D eigenvalue weighted by Crippen LogP contribution is 2.50. The second-order valence-corrected chi connectivity index (χ2v) is 8.99. The number of benzene rings is 1. The molecule has 0 saturated heterocycles. The zero-order valence-corrected chi connectivity index (χ0v) is 18.4. The molecule has 0 spiro atoms. The number of halogens is 1. The second kappa shape index (κ2) is 10.7. The van der Waals surface area contributed by atoms with Crippen molar-refractivity contribution in [3.05, 3.63) is 65.7 Å². The van der Waals surface area contributed by atoms with Crippen LogP contribution in [0.15, 0.2) is 48.8 Å². The standard InChI is InChI=1S/C26H35FN2O/c1-3-15-26(2,22-11-13-23(27)14-12-22)24(21-9-10-21)18-25(30)29-17-5-4-7-20-8-6-16-28-19-20/h6,8,11-14,16,19,21,24H,3-5,7,9-10,15,17-18H2,1-2H3,(H,29,30). The molecule has 4 heteroatoms. The van der Waals surface area contributed by atoms with Gasteiger partial charge in [-0.15, -0.1) is 0 Å². The third-order valence-electron chi connectivity index (χ3n) is 6.62. The SMILES string of the molecule is CCCC(C)(c1ccc(F)cc1)C(CC(=O)NCCCCc1cccnc1)C1CC1. The van der Waals surface area contributed by atoms with Crippen molar-refractivity contribution >= 4 is 5.91 Å². The fraction of sp³-hybridized carbons (Fsp3) is 0.538. The van der Waals surface area contributed by atoms with Crippen LogP contribution in [0.3, 0.4) is 0 Å². The Morgan fingerprint density at radius 1 is 1.23 bits per heavy atom. The maximum atomic E-state index is 13.5. The predicted molar refractivity (Wildman–Crippen MR) is 120 cm³/mol. The number of rotatable bonds is 12. The van der Waals surface area contributed by atoms with Gasteiger partial charge in [0.1, 0.15) is 5.82 Å². The minimum Gasteiger partial charge on any atom is -0.356 e. The van der Waals surface area contributed by atoms with Crippen LogP contribution in [-0.4, -0.2) is 17.4 Å². The molecule has 1 aliphatic rings. The van der Waals surface area contributed by atoms with E-state index in [1.807, 2.05) is 24.4 Å². The summed E-state index contributed by atoms with van der Waals surface area (Å²) in [5.41, 5.74) is 2.31. The van der Waals surface area contributed by atoms with E-state index < -0.39 is 0 Å². The largest absolute Gasteiger partial charge is 0.356 e. The molecule has 0 radical (unpaired) electrons. The topological polar surface area (TPSA) is 42.0 Å². The van der Waals surface area contributed by atoms with E-state index in [0.29, 0.717) is 18.3 Å². The summed E-state index contributed by atoms with van der Waals surface area (Å²) >= 11 is 0. The van der Waals surface area contributed by atoms with E-state index in [0.717, 1.165) is 44.2 Å². The zero-order chi connectivity index (χ0) is 21.4. The number of aromatic nitrogens is 1. The first-order valence-electron chi connectivity index (χ1n) is 11.4. The molecule has 162 valence electrons. The first kappa shape index (κ1) is 22.5. The Kier molecular flexibility index (Phi) is 8.01. The van der Waals surface area contributed by atoms with Crippen molar-refractivity contribution in [1.82, 2.24) is 10.3 Å². The van der Waals surface area contributed by atoms with Crippen molar-refractivity contribution in [2.75, 3.05) is 6.54 Å². The van der Waals surface area contributed by atoms with Crippen LogP contribution in [0, 0.1) is 17.7 Å². The highest BCUT2D eigenvalue weighted by molar-refractivity contribution is 5.76. The monoisotopic (exact) mass is 410 g/mol. The fourth-order valence-corrected chi connectivity index (χ4v) is 4.80. The van der Waals surface area contributed by atoms with E-state index in [4.69, 9.17) is 0 Å². The summed E-state index contributed by atoms with van der Waals surface area (Å²) in [6.07, 6.45) is 11.7. The minimum absolute atomic E-state index is 0.0960. The lowest BCUT2D eigenvalue weighted by Crippen LogP contribution is -2.38. The molecule has 3 nitrogen and oxygen atoms in total. The summed E-state index contributed by atoms with van der Waals surface area (Å²) in [4.78, 5) is 16.9. The first-order chi connectivity index (χ1) is 14.5.